The fourth-order valence-electron chi connectivity index (χ4n) is 1.82. The van der Waals surface area contributed by atoms with Crippen LogP contribution in [0, 0.1) is 5.82 Å². The van der Waals surface area contributed by atoms with Crippen molar-refractivity contribution in [1.29, 1.82) is 0 Å². The molecule has 2 aromatic heterocycles. The molecule has 0 bridgehead atoms. The largest absolute Gasteiger partial charge is 0.371 e. The first-order chi connectivity index (χ1) is 9.54. The Morgan fingerprint density at radius 1 is 1.50 bits per heavy atom. The summed E-state index contributed by atoms with van der Waals surface area (Å²) in [4.78, 5) is 15.9. The zero-order valence-electron chi connectivity index (χ0n) is 11.4. The van der Waals surface area contributed by atoms with E-state index in [2.05, 4.69) is 25.8 Å². The van der Waals surface area contributed by atoms with E-state index in [-0.39, 0.29) is 17.4 Å². The molecular formula is C12H15FN6O. The molecule has 0 fully saturated rings. The van der Waals surface area contributed by atoms with Gasteiger partial charge in [-0.15, -0.1) is 10.2 Å². The molecule has 0 aliphatic carbocycles. The van der Waals surface area contributed by atoms with E-state index < -0.39 is 11.7 Å². The topological polar surface area (TPSA) is 84.7 Å². The number of hydrogen-bond donors (Lipinski definition) is 2. The number of aromatic nitrogens is 4. The lowest BCUT2D eigenvalue weighted by molar-refractivity contribution is 0.0933. The summed E-state index contributed by atoms with van der Waals surface area (Å²) >= 11 is 0. The molecule has 0 aliphatic heterocycles. The van der Waals surface area contributed by atoms with E-state index in [1.165, 1.54) is 25.6 Å². The standard InChI is InChI=1S/C12H15FN6O/c1-7(11-18-16-6-19(11)3)17-12(20)8-4-5-15-10(14-2)9(8)13/h4-7H,1-3H3,(H,14,15)(H,17,20). The molecule has 2 aromatic rings. The van der Waals surface area contributed by atoms with E-state index in [0.717, 1.165) is 0 Å². The Labute approximate surface area is 115 Å². The number of nitrogens with zero attached hydrogens (tertiary/aromatic N) is 4. The van der Waals surface area contributed by atoms with Crippen LogP contribution in [-0.4, -0.2) is 32.7 Å². The molecule has 1 atom stereocenters. The van der Waals surface area contributed by atoms with Gasteiger partial charge in [-0.25, -0.2) is 9.37 Å². The average Bonchev–Trinajstić information content (AvgIpc) is 2.85. The first-order valence-corrected chi connectivity index (χ1v) is 6.01. The highest BCUT2D eigenvalue weighted by molar-refractivity contribution is 5.95. The number of rotatable bonds is 4. The quantitative estimate of drug-likeness (QED) is 0.867. The van der Waals surface area contributed by atoms with Crippen LogP contribution in [0.25, 0.3) is 0 Å². The van der Waals surface area contributed by atoms with Gasteiger partial charge in [0, 0.05) is 20.3 Å². The van der Waals surface area contributed by atoms with Crippen molar-refractivity contribution in [3.05, 3.63) is 35.8 Å². The van der Waals surface area contributed by atoms with Gasteiger partial charge in [-0.05, 0) is 13.0 Å². The molecular weight excluding hydrogens is 263 g/mol. The minimum Gasteiger partial charge on any atom is -0.371 e. The second-order valence-electron chi connectivity index (χ2n) is 4.27. The van der Waals surface area contributed by atoms with Crippen molar-refractivity contribution >= 4 is 11.7 Å². The molecule has 2 N–H and O–H groups in total. The second-order valence-corrected chi connectivity index (χ2v) is 4.27. The van der Waals surface area contributed by atoms with Crippen LogP contribution >= 0.6 is 0 Å². The molecule has 0 aliphatic rings. The first kappa shape index (κ1) is 13.9. The molecule has 0 aromatic carbocycles. The molecule has 2 rings (SSSR count). The number of pyridine rings is 1. The molecule has 8 heteroatoms. The summed E-state index contributed by atoms with van der Waals surface area (Å²) in [5, 5.41) is 12.9. The van der Waals surface area contributed by atoms with Crippen LogP contribution in [0.15, 0.2) is 18.6 Å². The molecule has 2 heterocycles. The van der Waals surface area contributed by atoms with Crippen LogP contribution in [0.5, 0.6) is 0 Å². The highest BCUT2D eigenvalue weighted by Gasteiger charge is 2.19. The van der Waals surface area contributed by atoms with Gasteiger partial charge in [-0.1, -0.05) is 0 Å². The Balaban J connectivity index is 2.19. The number of anilines is 1. The maximum absolute atomic E-state index is 14.0. The third-order valence-corrected chi connectivity index (χ3v) is 2.85. The van der Waals surface area contributed by atoms with Crippen LogP contribution in [0.2, 0.25) is 0 Å². The van der Waals surface area contributed by atoms with E-state index >= 15 is 0 Å². The van der Waals surface area contributed by atoms with Crippen molar-refractivity contribution in [2.24, 2.45) is 7.05 Å². The maximum atomic E-state index is 14.0. The lowest BCUT2D eigenvalue weighted by Crippen LogP contribution is -2.29. The summed E-state index contributed by atoms with van der Waals surface area (Å²) in [5.41, 5.74) is -0.0710. The van der Waals surface area contributed by atoms with Crippen LogP contribution in [-0.2, 0) is 7.05 Å². The third kappa shape index (κ3) is 2.58. The summed E-state index contributed by atoms with van der Waals surface area (Å²) in [6, 6.07) is 0.940. The molecule has 1 unspecified atom stereocenters. The van der Waals surface area contributed by atoms with Gasteiger partial charge in [0.15, 0.2) is 17.5 Å². The number of amides is 1. The van der Waals surface area contributed by atoms with Gasteiger partial charge in [0.2, 0.25) is 0 Å². The molecule has 106 valence electrons. The summed E-state index contributed by atoms with van der Waals surface area (Å²) < 4.78 is 15.7. The van der Waals surface area contributed by atoms with Crippen molar-refractivity contribution in [3.63, 3.8) is 0 Å². The lowest BCUT2D eigenvalue weighted by Gasteiger charge is -2.13. The SMILES string of the molecule is CNc1nccc(C(=O)NC(C)c2nncn2C)c1F. The monoisotopic (exact) mass is 278 g/mol. The fraction of sp³-hybridized carbons (Fsp3) is 0.333. The third-order valence-electron chi connectivity index (χ3n) is 2.85. The van der Waals surface area contributed by atoms with Crippen LogP contribution in [0.4, 0.5) is 10.2 Å². The second kappa shape index (κ2) is 5.64. The summed E-state index contributed by atoms with van der Waals surface area (Å²) in [7, 11) is 3.30. The minimum absolute atomic E-state index is 0.0314. The van der Waals surface area contributed by atoms with E-state index in [0.29, 0.717) is 5.82 Å². The highest BCUT2D eigenvalue weighted by atomic mass is 19.1. The Morgan fingerprint density at radius 2 is 2.25 bits per heavy atom. The minimum atomic E-state index is -0.683. The van der Waals surface area contributed by atoms with Crippen molar-refractivity contribution < 1.29 is 9.18 Å². The number of carbonyl (C=O) groups is 1. The molecule has 20 heavy (non-hydrogen) atoms. The van der Waals surface area contributed by atoms with Crippen LogP contribution in [0.3, 0.4) is 0 Å². The normalized spacial score (nSPS) is 12.0. The zero-order chi connectivity index (χ0) is 14.7. The number of nitrogens with one attached hydrogen (secondary N) is 2. The predicted molar refractivity (Wildman–Crippen MR) is 70.6 cm³/mol. The maximum Gasteiger partial charge on any atom is 0.255 e. The molecule has 0 radical (unpaired) electrons. The Morgan fingerprint density at radius 3 is 2.85 bits per heavy atom. The zero-order valence-corrected chi connectivity index (χ0v) is 11.4. The smallest absolute Gasteiger partial charge is 0.255 e. The summed E-state index contributed by atoms with van der Waals surface area (Å²) in [6.45, 7) is 1.75. The van der Waals surface area contributed by atoms with Crippen molar-refractivity contribution in [2.75, 3.05) is 12.4 Å². The van der Waals surface area contributed by atoms with Gasteiger partial charge in [0.1, 0.15) is 6.33 Å². The van der Waals surface area contributed by atoms with Gasteiger partial charge in [-0.2, -0.15) is 0 Å². The number of carbonyl (C=O) groups excluding carboxylic acids is 1. The van der Waals surface area contributed by atoms with Crippen LogP contribution < -0.4 is 10.6 Å². The molecule has 0 saturated heterocycles. The Bertz CT molecular complexity index is 626. The molecule has 0 saturated carbocycles. The molecule has 1 amide bonds. The summed E-state index contributed by atoms with van der Waals surface area (Å²) in [6.07, 6.45) is 2.90. The van der Waals surface area contributed by atoms with E-state index in [9.17, 15) is 9.18 Å². The number of halogens is 1. The first-order valence-electron chi connectivity index (χ1n) is 6.01. The molecule has 7 nitrogen and oxygen atoms in total. The molecule has 0 spiro atoms. The van der Waals surface area contributed by atoms with Gasteiger partial charge in [0.25, 0.3) is 5.91 Å². The van der Waals surface area contributed by atoms with Gasteiger partial charge in [0.05, 0.1) is 11.6 Å². The van der Waals surface area contributed by atoms with Crippen molar-refractivity contribution in [2.45, 2.75) is 13.0 Å². The number of aryl methyl sites for hydroxylation is 1. The van der Waals surface area contributed by atoms with Crippen molar-refractivity contribution in [1.82, 2.24) is 25.1 Å². The van der Waals surface area contributed by atoms with Crippen molar-refractivity contribution in [3.8, 4) is 0 Å². The number of hydrogen-bond acceptors (Lipinski definition) is 5. The van der Waals surface area contributed by atoms with Gasteiger partial charge >= 0.3 is 0 Å². The van der Waals surface area contributed by atoms with Crippen LogP contribution in [0.1, 0.15) is 29.1 Å². The fourth-order valence-corrected chi connectivity index (χ4v) is 1.82. The average molecular weight is 278 g/mol. The highest BCUT2D eigenvalue weighted by Crippen LogP contribution is 2.16. The predicted octanol–water partition coefficient (Wildman–Crippen LogP) is 0.882. The van der Waals surface area contributed by atoms with E-state index in [1.54, 1.807) is 18.5 Å². The lowest BCUT2D eigenvalue weighted by atomic mass is 10.2. The van der Waals surface area contributed by atoms with E-state index in [1.807, 2.05) is 0 Å². The van der Waals surface area contributed by atoms with E-state index in [4.69, 9.17) is 0 Å². The van der Waals surface area contributed by atoms with Gasteiger partial charge < -0.3 is 15.2 Å². The Kier molecular flexibility index (Phi) is 3.92. The Hall–Kier alpha value is -2.51. The summed E-state index contributed by atoms with van der Waals surface area (Å²) in [5.74, 6) is -0.597. The van der Waals surface area contributed by atoms with Gasteiger partial charge in [-0.3, -0.25) is 4.79 Å².